The average molecular weight is 379 g/mol. The number of aromatic amines is 1. The quantitative estimate of drug-likeness (QED) is 0.859. The van der Waals surface area contributed by atoms with Crippen LogP contribution >= 0.6 is 43.2 Å². The van der Waals surface area contributed by atoms with Crippen LogP contribution < -0.4 is 10.2 Å². The van der Waals surface area contributed by atoms with E-state index < -0.39 is 0 Å². The molecule has 0 spiro atoms. The van der Waals surface area contributed by atoms with Gasteiger partial charge in [-0.1, -0.05) is 11.3 Å². The van der Waals surface area contributed by atoms with Crippen molar-refractivity contribution >= 4 is 43.2 Å². The van der Waals surface area contributed by atoms with Gasteiger partial charge in [0.1, 0.15) is 0 Å². The smallest absolute Gasteiger partial charge is 0.304 e. The van der Waals surface area contributed by atoms with Gasteiger partial charge in [-0.3, -0.25) is 9.78 Å². The van der Waals surface area contributed by atoms with Crippen LogP contribution in [-0.2, 0) is 13.1 Å². The number of rotatable bonds is 4. The molecule has 0 aromatic carbocycles. The van der Waals surface area contributed by atoms with Crippen LogP contribution in [0, 0.1) is 0 Å². The van der Waals surface area contributed by atoms with E-state index in [-0.39, 0.29) is 4.87 Å². The summed E-state index contributed by atoms with van der Waals surface area (Å²) in [5.41, 5.74) is 1.83. The van der Waals surface area contributed by atoms with Gasteiger partial charge < -0.3 is 10.3 Å². The molecule has 2 aromatic heterocycles. The third kappa shape index (κ3) is 3.74. The van der Waals surface area contributed by atoms with Crippen molar-refractivity contribution in [3.8, 4) is 0 Å². The molecule has 0 unspecified atom stereocenters. The zero-order valence-electron chi connectivity index (χ0n) is 8.67. The second kappa shape index (κ2) is 5.90. The molecule has 2 rings (SSSR count). The largest absolute Gasteiger partial charge is 0.315 e. The molecule has 90 valence electrons. The Labute approximate surface area is 119 Å². The number of thiazole rings is 1. The molecule has 0 bridgehead atoms. The van der Waals surface area contributed by atoms with E-state index in [0.29, 0.717) is 13.1 Å². The van der Waals surface area contributed by atoms with E-state index in [9.17, 15) is 4.79 Å². The summed E-state index contributed by atoms with van der Waals surface area (Å²) in [6.07, 6.45) is 1.76. The Morgan fingerprint density at radius 2 is 2.24 bits per heavy atom. The third-order valence-corrected chi connectivity index (χ3v) is 3.90. The Hall–Kier alpha value is -0.500. The van der Waals surface area contributed by atoms with Crippen molar-refractivity contribution in [2.24, 2.45) is 0 Å². The fourth-order valence-corrected chi connectivity index (χ4v) is 3.00. The van der Waals surface area contributed by atoms with Gasteiger partial charge in [0, 0.05) is 39.3 Å². The average Bonchev–Trinajstić information content (AvgIpc) is 2.68. The molecule has 7 heteroatoms. The van der Waals surface area contributed by atoms with Crippen molar-refractivity contribution in [2.75, 3.05) is 0 Å². The first-order valence-electron chi connectivity index (χ1n) is 4.82. The lowest BCUT2D eigenvalue weighted by Gasteiger charge is -2.05. The molecule has 0 fully saturated rings. The number of hydrogen-bond donors (Lipinski definition) is 2. The maximum Gasteiger partial charge on any atom is 0.304 e. The lowest BCUT2D eigenvalue weighted by molar-refractivity contribution is 0.667. The Kier molecular flexibility index (Phi) is 4.49. The first-order chi connectivity index (χ1) is 8.15. The van der Waals surface area contributed by atoms with Crippen molar-refractivity contribution in [1.82, 2.24) is 15.3 Å². The van der Waals surface area contributed by atoms with Crippen LogP contribution in [0.15, 0.2) is 31.4 Å². The van der Waals surface area contributed by atoms with E-state index in [1.165, 1.54) is 11.3 Å². The number of nitrogens with zero attached hydrogens (tertiary/aromatic N) is 1. The molecule has 0 atom stereocenters. The van der Waals surface area contributed by atoms with Gasteiger partial charge in [-0.05, 0) is 37.9 Å². The maximum absolute atomic E-state index is 10.9. The fourth-order valence-electron chi connectivity index (χ4n) is 1.29. The summed E-state index contributed by atoms with van der Waals surface area (Å²) >= 11 is 7.98. The van der Waals surface area contributed by atoms with Crippen molar-refractivity contribution in [2.45, 2.75) is 13.1 Å². The first-order valence-corrected chi connectivity index (χ1v) is 7.29. The Morgan fingerprint density at radius 3 is 2.88 bits per heavy atom. The summed E-state index contributed by atoms with van der Waals surface area (Å²) < 4.78 is 1.90. The topological polar surface area (TPSA) is 57.8 Å². The number of pyridine rings is 1. The van der Waals surface area contributed by atoms with Gasteiger partial charge >= 0.3 is 4.87 Å². The second-order valence-electron chi connectivity index (χ2n) is 3.36. The van der Waals surface area contributed by atoms with Crippen LogP contribution in [-0.4, -0.2) is 9.97 Å². The summed E-state index contributed by atoms with van der Waals surface area (Å²) in [5.74, 6) is 0. The number of H-pyrrole nitrogens is 1. The Morgan fingerprint density at radius 1 is 1.41 bits per heavy atom. The van der Waals surface area contributed by atoms with Gasteiger partial charge in [0.05, 0.1) is 5.69 Å². The van der Waals surface area contributed by atoms with Crippen LogP contribution in [0.1, 0.15) is 11.4 Å². The second-order valence-corrected chi connectivity index (χ2v) is 5.97. The highest BCUT2D eigenvalue weighted by molar-refractivity contribution is 9.11. The minimum absolute atomic E-state index is 0.0234. The third-order valence-electron chi connectivity index (χ3n) is 2.06. The van der Waals surface area contributed by atoms with Crippen LogP contribution in [0.4, 0.5) is 0 Å². The SMILES string of the molecule is O=c1[nH]c(CNCc2ncc(Br)cc2Br)cs1. The molecule has 4 nitrogen and oxygen atoms in total. The number of halogens is 2. The van der Waals surface area contributed by atoms with Crippen LogP contribution in [0.3, 0.4) is 0 Å². The van der Waals surface area contributed by atoms with E-state index in [0.717, 1.165) is 20.3 Å². The van der Waals surface area contributed by atoms with E-state index in [1.54, 1.807) is 6.20 Å². The van der Waals surface area contributed by atoms with Crippen molar-refractivity contribution < 1.29 is 0 Å². The Balaban J connectivity index is 1.92. The summed E-state index contributed by atoms with van der Waals surface area (Å²) in [4.78, 5) is 17.9. The molecular weight excluding hydrogens is 370 g/mol. The van der Waals surface area contributed by atoms with Gasteiger partial charge in [-0.25, -0.2) is 0 Å². The van der Waals surface area contributed by atoms with E-state index in [4.69, 9.17) is 0 Å². The normalized spacial score (nSPS) is 10.7. The maximum atomic E-state index is 10.9. The molecule has 2 aromatic rings. The Bertz CT molecular complexity index is 567. The van der Waals surface area contributed by atoms with Crippen LogP contribution in [0.25, 0.3) is 0 Å². The van der Waals surface area contributed by atoms with E-state index in [2.05, 4.69) is 47.1 Å². The summed E-state index contributed by atoms with van der Waals surface area (Å²) in [6.45, 7) is 1.27. The molecule has 2 N–H and O–H groups in total. The molecule has 0 radical (unpaired) electrons. The fraction of sp³-hybridized carbons (Fsp3) is 0.200. The highest BCUT2D eigenvalue weighted by Crippen LogP contribution is 2.19. The number of hydrogen-bond acceptors (Lipinski definition) is 4. The van der Waals surface area contributed by atoms with E-state index >= 15 is 0 Å². The zero-order valence-corrected chi connectivity index (χ0v) is 12.7. The lowest BCUT2D eigenvalue weighted by Crippen LogP contribution is -2.15. The molecule has 0 amide bonds. The number of aromatic nitrogens is 2. The predicted molar refractivity (Wildman–Crippen MR) is 75.1 cm³/mol. The molecule has 0 aliphatic heterocycles. The van der Waals surface area contributed by atoms with Gasteiger partial charge in [0.15, 0.2) is 0 Å². The van der Waals surface area contributed by atoms with Crippen molar-refractivity contribution in [3.05, 3.63) is 47.6 Å². The zero-order chi connectivity index (χ0) is 12.3. The molecule has 0 saturated carbocycles. The monoisotopic (exact) mass is 377 g/mol. The highest BCUT2D eigenvalue weighted by atomic mass is 79.9. The number of nitrogens with one attached hydrogen (secondary N) is 2. The van der Waals surface area contributed by atoms with Gasteiger partial charge in [0.2, 0.25) is 0 Å². The summed E-state index contributed by atoms with van der Waals surface area (Å²) in [6, 6.07) is 1.95. The molecule has 0 aliphatic carbocycles. The van der Waals surface area contributed by atoms with Crippen molar-refractivity contribution in [3.63, 3.8) is 0 Å². The van der Waals surface area contributed by atoms with E-state index in [1.807, 2.05) is 11.4 Å². The lowest BCUT2D eigenvalue weighted by atomic mass is 10.3. The minimum atomic E-state index is -0.0234. The van der Waals surface area contributed by atoms with Gasteiger partial charge in [-0.15, -0.1) is 0 Å². The molecule has 17 heavy (non-hydrogen) atoms. The summed E-state index contributed by atoms with van der Waals surface area (Å²) in [7, 11) is 0. The molecular formula is C10H9Br2N3OS. The highest BCUT2D eigenvalue weighted by Gasteiger charge is 2.02. The van der Waals surface area contributed by atoms with Crippen LogP contribution in [0.2, 0.25) is 0 Å². The minimum Gasteiger partial charge on any atom is -0.315 e. The molecule has 0 aliphatic rings. The molecule has 2 heterocycles. The van der Waals surface area contributed by atoms with Gasteiger partial charge in [0.25, 0.3) is 0 Å². The standard InChI is InChI=1S/C10H9Br2N3OS/c11-6-1-8(12)9(14-2-6)4-13-3-7-5-17-10(16)15-7/h1-2,5,13H,3-4H2,(H,15,16). The molecule has 0 saturated heterocycles. The summed E-state index contributed by atoms with van der Waals surface area (Å²) in [5, 5.41) is 5.04. The first kappa shape index (κ1) is 12.9. The van der Waals surface area contributed by atoms with Crippen molar-refractivity contribution in [1.29, 1.82) is 0 Å². The predicted octanol–water partition coefficient (Wildman–Crippen LogP) is 2.65. The van der Waals surface area contributed by atoms with Gasteiger partial charge in [-0.2, -0.15) is 0 Å². The van der Waals surface area contributed by atoms with Crippen LogP contribution in [0.5, 0.6) is 0 Å².